The summed E-state index contributed by atoms with van der Waals surface area (Å²) in [7, 11) is 3.11. The van der Waals surface area contributed by atoms with Crippen molar-refractivity contribution in [3.8, 4) is 11.5 Å². The second kappa shape index (κ2) is 8.33. The molecule has 2 amide bonds. The van der Waals surface area contributed by atoms with Gasteiger partial charge in [-0.2, -0.15) is 0 Å². The third-order valence-corrected chi connectivity index (χ3v) is 5.02. The second-order valence-electron chi connectivity index (χ2n) is 7.21. The van der Waals surface area contributed by atoms with Crippen LogP contribution in [0.4, 0.5) is 11.4 Å². The largest absolute Gasteiger partial charge is 0.493 e. The fourth-order valence-corrected chi connectivity index (χ4v) is 3.32. The molecular formula is C22H26N2O4. The van der Waals surface area contributed by atoms with Gasteiger partial charge in [0.15, 0.2) is 11.5 Å². The van der Waals surface area contributed by atoms with Crippen LogP contribution in [-0.4, -0.2) is 32.6 Å². The Bertz CT molecular complexity index is 861. The fraction of sp³-hybridized carbons (Fsp3) is 0.364. The van der Waals surface area contributed by atoms with E-state index in [2.05, 4.69) is 19.2 Å². The SMILES string of the molecule is COc1ccc(N2CC(C(=O)Nc3ccc(C(C)C)cc3)CC2=O)cc1OC. The number of rotatable bonds is 6. The van der Waals surface area contributed by atoms with E-state index in [1.807, 2.05) is 24.3 Å². The molecule has 1 aliphatic heterocycles. The van der Waals surface area contributed by atoms with Crippen molar-refractivity contribution in [2.75, 3.05) is 31.0 Å². The molecule has 6 nitrogen and oxygen atoms in total. The average molecular weight is 382 g/mol. The monoisotopic (exact) mass is 382 g/mol. The van der Waals surface area contributed by atoms with E-state index in [0.29, 0.717) is 29.6 Å². The smallest absolute Gasteiger partial charge is 0.229 e. The van der Waals surface area contributed by atoms with Gasteiger partial charge in [0.05, 0.1) is 20.1 Å². The standard InChI is InChI=1S/C22H26N2O4/c1-14(2)15-5-7-17(8-6-15)23-22(26)16-11-21(25)24(13-16)18-9-10-19(27-3)20(12-18)28-4/h5-10,12,14,16H,11,13H2,1-4H3,(H,23,26). The quantitative estimate of drug-likeness (QED) is 0.825. The molecule has 3 rings (SSSR count). The first-order valence-electron chi connectivity index (χ1n) is 9.36. The van der Waals surface area contributed by atoms with Crippen LogP contribution in [0.25, 0.3) is 0 Å². The summed E-state index contributed by atoms with van der Waals surface area (Å²) in [6, 6.07) is 13.1. The highest BCUT2D eigenvalue weighted by Crippen LogP contribution is 2.34. The van der Waals surface area contributed by atoms with Gasteiger partial charge in [0.25, 0.3) is 0 Å². The van der Waals surface area contributed by atoms with Gasteiger partial charge in [-0.25, -0.2) is 0 Å². The molecule has 28 heavy (non-hydrogen) atoms. The van der Waals surface area contributed by atoms with Crippen molar-refractivity contribution in [3.63, 3.8) is 0 Å². The zero-order valence-corrected chi connectivity index (χ0v) is 16.7. The predicted molar refractivity (Wildman–Crippen MR) is 109 cm³/mol. The van der Waals surface area contributed by atoms with Crippen molar-refractivity contribution in [1.29, 1.82) is 0 Å². The zero-order valence-electron chi connectivity index (χ0n) is 16.7. The van der Waals surface area contributed by atoms with E-state index in [0.717, 1.165) is 5.69 Å². The summed E-state index contributed by atoms with van der Waals surface area (Å²) in [5, 5.41) is 2.92. The minimum atomic E-state index is -0.398. The zero-order chi connectivity index (χ0) is 20.3. The Labute approximate surface area is 165 Å². The van der Waals surface area contributed by atoms with E-state index in [9.17, 15) is 9.59 Å². The molecule has 0 spiro atoms. The number of ether oxygens (including phenoxy) is 2. The Hall–Kier alpha value is -3.02. The van der Waals surface area contributed by atoms with Crippen LogP contribution in [0, 0.1) is 5.92 Å². The van der Waals surface area contributed by atoms with E-state index < -0.39 is 5.92 Å². The van der Waals surface area contributed by atoms with Crippen molar-refractivity contribution in [2.45, 2.75) is 26.2 Å². The van der Waals surface area contributed by atoms with Crippen LogP contribution in [0.5, 0.6) is 11.5 Å². The van der Waals surface area contributed by atoms with Crippen LogP contribution >= 0.6 is 0 Å². The molecule has 0 saturated carbocycles. The molecule has 2 aromatic carbocycles. The maximum atomic E-state index is 12.6. The summed E-state index contributed by atoms with van der Waals surface area (Å²) in [6.45, 7) is 4.59. The van der Waals surface area contributed by atoms with E-state index in [1.54, 1.807) is 37.3 Å². The number of carbonyl (C=O) groups is 2. The summed E-state index contributed by atoms with van der Waals surface area (Å²) >= 11 is 0. The van der Waals surface area contributed by atoms with Crippen LogP contribution in [-0.2, 0) is 9.59 Å². The lowest BCUT2D eigenvalue weighted by Crippen LogP contribution is -2.28. The van der Waals surface area contributed by atoms with Gasteiger partial charge < -0.3 is 19.7 Å². The summed E-state index contributed by atoms with van der Waals surface area (Å²) in [6.07, 6.45) is 0.185. The van der Waals surface area contributed by atoms with Gasteiger partial charge in [0, 0.05) is 30.4 Å². The number of amides is 2. The minimum absolute atomic E-state index is 0.0810. The molecule has 148 valence electrons. The van der Waals surface area contributed by atoms with Crippen molar-refractivity contribution < 1.29 is 19.1 Å². The van der Waals surface area contributed by atoms with E-state index in [4.69, 9.17) is 9.47 Å². The first-order chi connectivity index (χ1) is 13.4. The van der Waals surface area contributed by atoms with E-state index in [1.165, 1.54) is 5.56 Å². The molecular weight excluding hydrogens is 356 g/mol. The maximum Gasteiger partial charge on any atom is 0.229 e. The molecule has 1 unspecified atom stereocenters. The number of nitrogens with one attached hydrogen (secondary N) is 1. The third-order valence-electron chi connectivity index (χ3n) is 5.02. The van der Waals surface area contributed by atoms with Crippen LogP contribution in [0.15, 0.2) is 42.5 Å². The summed E-state index contributed by atoms with van der Waals surface area (Å²) in [5.74, 6) is 0.955. The second-order valence-corrected chi connectivity index (χ2v) is 7.21. The predicted octanol–water partition coefficient (Wildman–Crippen LogP) is 3.82. The Morgan fingerprint density at radius 2 is 1.75 bits per heavy atom. The lowest BCUT2D eigenvalue weighted by molar-refractivity contribution is -0.122. The topological polar surface area (TPSA) is 67.9 Å². The van der Waals surface area contributed by atoms with Crippen LogP contribution in [0.2, 0.25) is 0 Å². The van der Waals surface area contributed by atoms with Crippen molar-refractivity contribution in [2.24, 2.45) is 5.92 Å². The molecule has 6 heteroatoms. The molecule has 0 bridgehead atoms. The van der Waals surface area contributed by atoms with E-state index >= 15 is 0 Å². The number of hydrogen-bond donors (Lipinski definition) is 1. The van der Waals surface area contributed by atoms with Gasteiger partial charge in [-0.1, -0.05) is 26.0 Å². The minimum Gasteiger partial charge on any atom is -0.493 e. The lowest BCUT2D eigenvalue weighted by Gasteiger charge is -2.18. The van der Waals surface area contributed by atoms with Crippen molar-refractivity contribution in [1.82, 2.24) is 0 Å². The average Bonchev–Trinajstić information content (AvgIpc) is 3.09. The van der Waals surface area contributed by atoms with Gasteiger partial charge in [0.2, 0.25) is 11.8 Å². The van der Waals surface area contributed by atoms with Gasteiger partial charge in [-0.05, 0) is 35.7 Å². The van der Waals surface area contributed by atoms with Gasteiger partial charge in [0.1, 0.15) is 0 Å². The lowest BCUT2D eigenvalue weighted by atomic mass is 10.0. The Morgan fingerprint density at radius 3 is 2.36 bits per heavy atom. The molecule has 0 aliphatic carbocycles. The number of nitrogens with zero attached hydrogens (tertiary/aromatic N) is 1. The van der Waals surface area contributed by atoms with Crippen LogP contribution < -0.4 is 19.7 Å². The number of hydrogen-bond acceptors (Lipinski definition) is 4. The summed E-state index contributed by atoms with van der Waals surface area (Å²) in [5.41, 5.74) is 2.65. The van der Waals surface area contributed by atoms with Gasteiger partial charge >= 0.3 is 0 Å². The summed E-state index contributed by atoms with van der Waals surface area (Å²) < 4.78 is 10.5. The molecule has 1 saturated heterocycles. The first-order valence-corrected chi connectivity index (χ1v) is 9.36. The number of benzene rings is 2. The number of carbonyl (C=O) groups excluding carboxylic acids is 2. The molecule has 1 heterocycles. The highest BCUT2D eigenvalue weighted by atomic mass is 16.5. The molecule has 1 N–H and O–H groups in total. The molecule has 1 fully saturated rings. The molecule has 0 radical (unpaired) electrons. The Kier molecular flexibility index (Phi) is 5.87. The third kappa shape index (κ3) is 4.11. The van der Waals surface area contributed by atoms with Crippen molar-refractivity contribution in [3.05, 3.63) is 48.0 Å². The van der Waals surface area contributed by atoms with Gasteiger partial charge in [-0.3, -0.25) is 9.59 Å². The number of methoxy groups -OCH3 is 2. The highest BCUT2D eigenvalue weighted by Gasteiger charge is 2.35. The highest BCUT2D eigenvalue weighted by molar-refractivity contribution is 6.03. The Balaban J connectivity index is 1.69. The number of anilines is 2. The summed E-state index contributed by atoms with van der Waals surface area (Å²) in [4.78, 5) is 26.8. The maximum absolute atomic E-state index is 12.6. The van der Waals surface area contributed by atoms with Crippen LogP contribution in [0.1, 0.15) is 31.7 Å². The van der Waals surface area contributed by atoms with Crippen molar-refractivity contribution >= 4 is 23.2 Å². The Morgan fingerprint density at radius 1 is 1.07 bits per heavy atom. The van der Waals surface area contributed by atoms with Crippen LogP contribution in [0.3, 0.4) is 0 Å². The first kappa shape index (κ1) is 19.7. The fourth-order valence-electron chi connectivity index (χ4n) is 3.32. The molecule has 0 aromatic heterocycles. The molecule has 1 aliphatic rings. The molecule has 1 atom stereocenters. The molecule has 2 aromatic rings. The van der Waals surface area contributed by atoms with E-state index in [-0.39, 0.29) is 18.2 Å². The van der Waals surface area contributed by atoms with Gasteiger partial charge in [-0.15, -0.1) is 0 Å². The normalized spacial score (nSPS) is 16.4.